The highest BCUT2D eigenvalue weighted by Crippen LogP contribution is 2.35. The summed E-state index contributed by atoms with van der Waals surface area (Å²) in [7, 11) is -4.57. The lowest BCUT2D eigenvalue weighted by molar-refractivity contribution is 0.483. The summed E-state index contributed by atoms with van der Waals surface area (Å²) in [4.78, 5) is 18.4. The maximum atomic E-state index is 12.4. The van der Waals surface area contributed by atoms with Crippen molar-refractivity contribution in [1.82, 2.24) is 15.0 Å². The molecule has 15 heteroatoms. The number of benzene rings is 3. The Labute approximate surface area is 310 Å². The number of azo groups is 1. The van der Waals surface area contributed by atoms with Crippen LogP contribution >= 0.6 is 11.8 Å². The summed E-state index contributed by atoms with van der Waals surface area (Å²) in [6.07, 6.45) is 7.52. The van der Waals surface area contributed by atoms with E-state index >= 15 is 0 Å². The molecule has 4 aromatic rings. The first-order chi connectivity index (χ1) is 25.1. The van der Waals surface area contributed by atoms with Crippen LogP contribution in [0.2, 0.25) is 0 Å². The minimum absolute atomic E-state index is 0.0838. The lowest BCUT2D eigenvalue weighted by atomic mass is 10.1. The number of rotatable bonds is 17. The minimum Gasteiger partial charge on any atom is -0.397 e. The molecule has 3 aromatic carbocycles. The highest BCUT2D eigenvalue weighted by atomic mass is 32.2. The fourth-order valence-electron chi connectivity index (χ4n) is 5.89. The molecule has 5 rings (SSSR count). The SMILES string of the molecule is CCCCSc1nc(Nc2cc(N(CC)CC)ccc2N)nc(Nc2cc(N(CC)CC)ccc2N=Nc2c(S(=O)(=O)O)ccc3c2=CCCC=3)n1. The number of anilines is 7. The van der Waals surface area contributed by atoms with Gasteiger partial charge in [0.05, 0.1) is 17.1 Å². The summed E-state index contributed by atoms with van der Waals surface area (Å²) in [5.74, 6) is 1.44. The predicted octanol–water partition coefficient (Wildman–Crippen LogP) is 7.54. The summed E-state index contributed by atoms with van der Waals surface area (Å²) in [6.45, 7) is 13.8. The minimum atomic E-state index is -4.57. The second-order valence-corrected chi connectivity index (χ2v) is 14.6. The van der Waals surface area contributed by atoms with E-state index in [2.05, 4.69) is 65.3 Å². The van der Waals surface area contributed by atoms with Gasteiger partial charge in [-0.3, -0.25) is 4.55 Å². The smallest absolute Gasteiger partial charge is 0.296 e. The molecular weight excluding hydrogens is 697 g/mol. The van der Waals surface area contributed by atoms with Crippen LogP contribution in [0.15, 0.2) is 68.8 Å². The average molecular weight is 745 g/mol. The number of fused-ring (bicyclic) bond motifs is 1. The first kappa shape index (κ1) is 38.5. The molecule has 0 bridgehead atoms. The number of hydrogen-bond acceptors (Lipinski definition) is 13. The Hall–Kier alpha value is -4.73. The molecule has 1 aliphatic rings. The zero-order valence-corrected chi connectivity index (χ0v) is 32.1. The number of nitrogens with one attached hydrogen (secondary N) is 2. The topological polar surface area (TPSA) is 174 Å². The number of aromatic nitrogens is 3. The fourth-order valence-corrected chi connectivity index (χ4v) is 7.45. The molecular formula is C37H48N10O3S2. The van der Waals surface area contributed by atoms with Gasteiger partial charge in [-0.1, -0.05) is 43.3 Å². The van der Waals surface area contributed by atoms with Crippen molar-refractivity contribution in [3.05, 3.63) is 59.0 Å². The maximum Gasteiger partial charge on any atom is 0.296 e. The van der Waals surface area contributed by atoms with Gasteiger partial charge in [-0.2, -0.15) is 23.4 Å². The molecule has 0 fully saturated rings. The zero-order valence-electron chi connectivity index (χ0n) is 30.4. The van der Waals surface area contributed by atoms with Crippen molar-refractivity contribution in [2.75, 3.05) is 58.1 Å². The van der Waals surface area contributed by atoms with Gasteiger partial charge in [0.2, 0.25) is 11.9 Å². The van der Waals surface area contributed by atoms with E-state index in [0.717, 1.165) is 74.2 Å². The summed E-state index contributed by atoms with van der Waals surface area (Å²) < 4.78 is 34.9. The summed E-state index contributed by atoms with van der Waals surface area (Å²) in [6, 6.07) is 14.6. The van der Waals surface area contributed by atoms with Crippen molar-refractivity contribution in [1.29, 1.82) is 0 Å². The number of thioether (sulfide) groups is 1. The molecule has 0 aliphatic heterocycles. The van der Waals surface area contributed by atoms with Gasteiger partial charge < -0.3 is 26.2 Å². The summed E-state index contributed by atoms with van der Waals surface area (Å²) in [5.41, 5.74) is 10.7. The van der Waals surface area contributed by atoms with Gasteiger partial charge >= 0.3 is 0 Å². The van der Waals surface area contributed by atoms with Crippen LogP contribution in [0.1, 0.15) is 60.3 Å². The third-order valence-electron chi connectivity index (χ3n) is 8.74. The molecule has 276 valence electrons. The van der Waals surface area contributed by atoms with Crippen LogP contribution < -0.4 is 36.6 Å². The van der Waals surface area contributed by atoms with Crippen LogP contribution in [-0.2, 0) is 10.1 Å². The Morgan fingerprint density at radius 3 is 2.06 bits per heavy atom. The lowest BCUT2D eigenvalue weighted by Crippen LogP contribution is -2.28. The molecule has 0 amide bonds. The van der Waals surface area contributed by atoms with E-state index in [-0.39, 0.29) is 16.5 Å². The quantitative estimate of drug-likeness (QED) is 0.0275. The molecule has 0 atom stereocenters. The summed E-state index contributed by atoms with van der Waals surface area (Å²) >= 11 is 1.54. The monoisotopic (exact) mass is 744 g/mol. The van der Waals surface area contributed by atoms with E-state index in [1.54, 1.807) is 6.07 Å². The van der Waals surface area contributed by atoms with E-state index in [1.807, 2.05) is 48.6 Å². The van der Waals surface area contributed by atoms with Gasteiger partial charge in [0.25, 0.3) is 10.1 Å². The molecule has 0 saturated carbocycles. The van der Waals surface area contributed by atoms with Crippen molar-refractivity contribution in [3.63, 3.8) is 0 Å². The highest BCUT2D eigenvalue weighted by Gasteiger charge is 2.19. The van der Waals surface area contributed by atoms with Crippen LogP contribution in [0.4, 0.5) is 51.7 Å². The first-order valence-corrected chi connectivity index (χ1v) is 20.2. The molecule has 0 spiro atoms. The number of hydrogen-bond donors (Lipinski definition) is 4. The Morgan fingerprint density at radius 2 is 1.42 bits per heavy atom. The second kappa shape index (κ2) is 17.7. The Balaban J connectivity index is 1.59. The molecule has 1 aliphatic carbocycles. The Kier molecular flexibility index (Phi) is 13.1. The van der Waals surface area contributed by atoms with Gasteiger partial charge in [0.1, 0.15) is 16.3 Å². The third-order valence-corrected chi connectivity index (χ3v) is 10.6. The third kappa shape index (κ3) is 9.38. The van der Waals surface area contributed by atoms with Gasteiger partial charge in [0.15, 0.2) is 5.16 Å². The van der Waals surface area contributed by atoms with Gasteiger partial charge in [-0.25, -0.2) is 0 Å². The highest BCUT2D eigenvalue weighted by molar-refractivity contribution is 7.99. The van der Waals surface area contributed by atoms with E-state index in [1.165, 1.54) is 17.8 Å². The maximum absolute atomic E-state index is 12.4. The van der Waals surface area contributed by atoms with Gasteiger partial charge in [0, 0.05) is 48.5 Å². The van der Waals surface area contributed by atoms with Gasteiger partial charge in [-0.15, -0.1) is 10.2 Å². The number of nitrogens with two attached hydrogens (primary N) is 1. The molecule has 0 unspecified atom stereocenters. The predicted molar refractivity (Wildman–Crippen MR) is 214 cm³/mol. The second-order valence-electron chi connectivity index (χ2n) is 12.1. The average Bonchev–Trinajstić information content (AvgIpc) is 3.13. The van der Waals surface area contributed by atoms with Crippen LogP contribution in [0.3, 0.4) is 0 Å². The van der Waals surface area contributed by atoms with E-state index < -0.39 is 10.1 Å². The largest absolute Gasteiger partial charge is 0.397 e. The van der Waals surface area contributed by atoms with Crippen molar-refractivity contribution < 1.29 is 13.0 Å². The summed E-state index contributed by atoms with van der Waals surface area (Å²) in [5, 5.41) is 17.7. The number of nitrogens with zero attached hydrogens (tertiary/aromatic N) is 7. The molecule has 5 N–H and O–H groups in total. The van der Waals surface area contributed by atoms with Crippen molar-refractivity contribution in [2.45, 2.75) is 70.4 Å². The number of unbranched alkanes of at least 4 members (excludes halogenated alkanes) is 1. The Bertz CT molecular complexity index is 2140. The van der Waals surface area contributed by atoms with E-state index in [0.29, 0.717) is 39.1 Å². The normalized spacial score (nSPS) is 12.6. The molecule has 1 aromatic heterocycles. The number of nitrogen functional groups attached to an aromatic ring is 1. The molecule has 0 radical (unpaired) electrons. The van der Waals surface area contributed by atoms with Crippen LogP contribution in [0.5, 0.6) is 0 Å². The molecule has 13 nitrogen and oxygen atoms in total. The standard InChI is InChI=1S/C37H48N10O3S2/c1-6-11-22-51-37-42-35(39-31-23-26(17-19-29(31)38)46(7-2)8-3)41-36(43-37)40-32-24-27(47(9-4)10-5)18-20-30(32)44-45-34-28-15-13-12-14-25(28)16-21-33(34)52(48,49)50/h14-21,23-24H,6-13,22,38H2,1-5H3,(H,48,49,50)(H2,39,40,41,42,43). The Morgan fingerprint density at radius 1 is 0.808 bits per heavy atom. The van der Waals surface area contributed by atoms with E-state index in [9.17, 15) is 13.0 Å². The molecule has 0 saturated heterocycles. The fraction of sp³-hybridized carbons (Fsp3) is 0.378. The van der Waals surface area contributed by atoms with Crippen LogP contribution in [0, 0.1) is 0 Å². The zero-order chi connectivity index (χ0) is 37.3. The van der Waals surface area contributed by atoms with E-state index in [4.69, 9.17) is 20.7 Å². The molecule has 1 heterocycles. The van der Waals surface area contributed by atoms with Crippen LogP contribution in [0.25, 0.3) is 12.2 Å². The molecule has 52 heavy (non-hydrogen) atoms. The van der Waals surface area contributed by atoms with Crippen LogP contribution in [-0.4, -0.2) is 59.9 Å². The van der Waals surface area contributed by atoms with Crippen molar-refractivity contribution in [3.8, 4) is 0 Å². The van der Waals surface area contributed by atoms with Gasteiger partial charge in [-0.05, 0) is 94.6 Å². The van der Waals surface area contributed by atoms with Crippen molar-refractivity contribution >= 4 is 85.7 Å². The first-order valence-electron chi connectivity index (χ1n) is 17.8. The lowest BCUT2D eigenvalue weighted by Gasteiger charge is -2.22. The van der Waals surface area contributed by atoms with Crippen molar-refractivity contribution in [2.24, 2.45) is 10.2 Å².